The number of carbonyl (C=O) groups is 1. The SMILES string of the molecule is Cc1cnc(C(=O)N2CCCC[C@@H]2c2nc(N(C)C)ncc2-c2ccc(F)cc2)cn1. The van der Waals surface area contributed by atoms with E-state index in [4.69, 9.17) is 4.98 Å². The molecule has 3 heterocycles. The number of rotatable bonds is 4. The number of benzene rings is 1. The van der Waals surface area contributed by atoms with Gasteiger partial charge in [0.15, 0.2) is 0 Å². The minimum absolute atomic E-state index is 0.160. The number of halogens is 1. The van der Waals surface area contributed by atoms with Crippen molar-refractivity contribution in [2.24, 2.45) is 0 Å². The molecule has 1 saturated heterocycles. The van der Waals surface area contributed by atoms with Gasteiger partial charge in [0.05, 0.1) is 23.6 Å². The number of carbonyl (C=O) groups excluding carboxylic acids is 1. The van der Waals surface area contributed by atoms with Crippen molar-refractivity contribution in [1.29, 1.82) is 0 Å². The van der Waals surface area contributed by atoms with E-state index in [1.807, 2.05) is 30.8 Å². The van der Waals surface area contributed by atoms with Crippen molar-refractivity contribution in [2.45, 2.75) is 32.2 Å². The molecule has 1 atom stereocenters. The van der Waals surface area contributed by atoms with Crippen LogP contribution in [0, 0.1) is 12.7 Å². The molecule has 160 valence electrons. The maximum Gasteiger partial charge on any atom is 0.274 e. The second-order valence-corrected chi connectivity index (χ2v) is 7.92. The minimum Gasteiger partial charge on any atom is -0.347 e. The monoisotopic (exact) mass is 420 g/mol. The Hall–Kier alpha value is -3.42. The number of amides is 1. The number of nitrogens with zero attached hydrogens (tertiary/aromatic N) is 6. The Morgan fingerprint density at radius 1 is 1.06 bits per heavy atom. The van der Waals surface area contributed by atoms with Gasteiger partial charge in [0.2, 0.25) is 5.95 Å². The van der Waals surface area contributed by atoms with Crippen LogP contribution in [0.15, 0.2) is 42.9 Å². The van der Waals surface area contributed by atoms with Gasteiger partial charge in [0, 0.05) is 38.6 Å². The highest BCUT2D eigenvalue weighted by molar-refractivity contribution is 5.92. The predicted octanol–water partition coefficient (Wildman–Crippen LogP) is 3.81. The van der Waals surface area contributed by atoms with Gasteiger partial charge >= 0.3 is 0 Å². The molecule has 4 rings (SSSR count). The van der Waals surface area contributed by atoms with Crippen LogP contribution in [-0.4, -0.2) is 51.4 Å². The molecule has 1 amide bonds. The lowest BCUT2D eigenvalue weighted by molar-refractivity contribution is 0.0600. The molecular weight excluding hydrogens is 395 g/mol. The van der Waals surface area contributed by atoms with Crippen molar-refractivity contribution in [3.05, 3.63) is 65.8 Å². The van der Waals surface area contributed by atoms with Gasteiger partial charge in [-0.15, -0.1) is 0 Å². The Morgan fingerprint density at radius 3 is 2.52 bits per heavy atom. The number of hydrogen-bond donors (Lipinski definition) is 0. The van der Waals surface area contributed by atoms with Crippen molar-refractivity contribution < 1.29 is 9.18 Å². The zero-order valence-electron chi connectivity index (χ0n) is 17.9. The Balaban J connectivity index is 1.79. The summed E-state index contributed by atoms with van der Waals surface area (Å²) >= 11 is 0. The van der Waals surface area contributed by atoms with Crippen molar-refractivity contribution in [3.63, 3.8) is 0 Å². The van der Waals surface area contributed by atoms with E-state index in [1.54, 1.807) is 24.5 Å². The maximum absolute atomic E-state index is 13.5. The molecule has 0 N–H and O–H groups in total. The van der Waals surface area contributed by atoms with Crippen molar-refractivity contribution >= 4 is 11.9 Å². The first kappa shape index (κ1) is 20.8. The van der Waals surface area contributed by atoms with Gasteiger partial charge in [-0.1, -0.05) is 12.1 Å². The number of piperidine rings is 1. The molecule has 0 saturated carbocycles. The lowest BCUT2D eigenvalue weighted by Gasteiger charge is -2.36. The van der Waals surface area contributed by atoms with E-state index in [0.29, 0.717) is 18.2 Å². The maximum atomic E-state index is 13.5. The molecule has 31 heavy (non-hydrogen) atoms. The van der Waals surface area contributed by atoms with E-state index in [-0.39, 0.29) is 17.8 Å². The minimum atomic E-state index is -0.302. The summed E-state index contributed by atoms with van der Waals surface area (Å²) in [6.07, 6.45) is 7.56. The average Bonchev–Trinajstić information content (AvgIpc) is 2.79. The van der Waals surface area contributed by atoms with Gasteiger partial charge in [-0.05, 0) is 43.9 Å². The van der Waals surface area contributed by atoms with Crippen molar-refractivity contribution in [1.82, 2.24) is 24.8 Å². The quantitative estimate of drug-likeness (QED) is 0.639. The summed E-state index contributed by atoms with van der Waals surface area (Å²) in [7, 11) is 3.75. The average molecular weight is 420 g/mol. The molecule has 2 aromatic heterocycles. The normalized spacial score (nSPS) is 16.3. The Bertz CT molecular complexity index is 1070. The topological polar surface area (TPSA) is 75.1 Å². The van der Waals surface area contributed by atoms with Crippen LogP contribution in [0.25, 0.3) is 11.1 Å². The molecule has 0 aliphatic carbocycles. The van der Waals surface area contributed by atoms with Gasteiger partial charge in [-0.25, -0.2) is 19.3 Å². The molecule has 8 heteroatoms. The van der Waals surface area contributed by atoms with Crippen molar-refractivity contribution in [2.75, 3.05) is 25.5 Å². The highest BCUT2D eigenvalue weighted by atomic mass is 19.1. The van der Waals surface area contributed by atoms with Crippen LogP contribution in [-0.2, 0) is 0 Å². The standard InChI is InChI=1S/C23H25FN6O/c1-15-12-26-19(14-25-15)22(31)30-11-5-4-6-20(30)21-18(13-27-23(28-21)29(2)3)16-7-9-17(24)10-8-16/h7-10,12-14,20H,4-6,11H2,1-3H3/t20-/m1/s1. The van der Waals surface area contributed by atoms with Crippen LogP contribution >= 0.6 is 0 Å². The summed E-state index contributed by atoms with van der Waals surface area (Å²) < 4.78 is 13.5. The van der Waals surface area contributed by atoms with Gasteiger partial charge in [-0.2, -0.15) is 0 Å². The van der Waals surface area contributed by atoms with Crippen LogP contribution in [0.3, 0.4) is 0 Å². The molecule has 1 aliphatic heterocycles. The van der Waals surface area contributed by atoms with Crippen LogP contribution < -0.4 is 4.90 Å². The smallest absolute Gasteiger partial charge is 0.274 e. The molecule has 3 aromatic rings. The molecule has 7 nitrogen and oxygen atoms in total. The van der Waals surface area contributed by atoms with Crippen LogP contribution in [0.4, 0.5) is 10.3 Å². The lowest BCUT2D eigenvalue weighted by Crippen LogP contribution is -2.39. The predicted molar refractivity (Wildman–Crippen MR) is 116 cm³/mol. The number of aryl methyl sites for hydroxylation is 1. The molecule has 0 unspecified atom stereocenters. The summed E-state index contributed by atoms with van der Waals surface area (Å²) in [6, 6.07) is 6.04. The first-order valence-electron chi connectivity index (χ1n) is 10.3. The number of hydrogen-bond acceptors (Lipinski definition) is 6. The second kappa shape index (κ2) is 8.75. The largest absolute Gasteiger partial charge is 0.347 e. The summed E-state index contributed by atoms with van der Waals surface area (Å²) in [5, 5.41) is 0. The van der Waals surface area contributed by atoms with Gasteiger partial charge in [0.25, 0.3) is 5.91 Å². The third kappa shape index (κ3) is 4.38. The second-order valence-electron chi connectivity index (χ2n) is 7.92. The zero-order valence-corrected chi connectivity index (χ0v) is 17.9. The van der Waals surface area contributed by atoms with Crippen LogP contribution in [0.5, 0.6) is 0 Å². The summed E-state index contributed by atoms with van der Waals surface area (Å²) in [6.45, 7) is 2.45. The third-order valence-corrected chi connectivity index (χ3v) is 5.44. The summed E-state index contributed by atoms with van der Waals surface area (Å²) in [5.41, 5.74) is 3.46. The first-order valence-corrected chi connectivity index (χ1v) is 10.3. The Morgan fingerprint density at radius 2 is 1.84 bits per heavy atom. The van der Waals surface area contributed by atoms with Crippen LogP contribution in [0.2, 0.25) is 0 Å². The van der Waals surface area contributed by atoms with Crippen LogP contribution in [0.1, 0.15) is 47.2 Å². The molecule has 0 bridgehead atoms. The lowest BCUT2D eigenvalue weighted by atomic mass is 9.93. The highest BCUT2D eigenvalue weighted by Gasteiger charge is 2.32. The van der Waals surface area contributed by atoms with E-state index in [1.165, 1.54) is 18.3 Å². The summed E-state index contributed by atoms with van der Waals surface area (Å²) in [4.78, 5) is 34.8. The molecule has 1 fully saturated rings. The first-order chi connectivity index (χ1) is 14.9. The zero-order chi connectivity index (χ0) is 22.0. The third-order valence-electron chi connectivity index (χ3n) is 5.44. The van der Waals surface area contributed by atoms with Gasteiger partial charge in [0.1, 0.15) is 11.5 Å². The number of anilines is 1. The fraction of sp³-hybridized carbons (Fsp3) is 0.348. The fourth-order valence-electron chi connectivity index (χ4n) is 3.82. The highest BCUT2D eigenvalue weighted by Crippen LogP contribution is 2.37. The van der Waals surface area contributed by atoms with E-state index in [0.717, 1.165) is 41.8 Å². The van der Waals surface area contributed by atoms with Gasteiger partial charge in [-0.3, -0.25) is 9.78 Å². The number of aromatic nitrogens is 4. The fourth-order valence-corrected chi connectivity index (χ4v) is 3.82. The molecule has 1 aromatic carbocycles. The molecular formula is C23H25FN6O. The molecule has 0 radical (unpaired) electrons. The summed E-state index contributed by atoms with van der Waals surface area (Å²) in [5.74, 6) is 0.102. The van der Waals surface area contributed by atoms with E-state index >= 15 is 0 Å². The Labute approximate surface area is 181 Å². The van der Waals surface area contributed by atoms with E-state index in [2.05, 4.69) is 15.0 Å². The van der Waals surface area contributed by atoms with E-state index in [9.17, 15) is 9.18 Å². The Kier molecular flexibility index (Phi) is 5.88. The van der Waals surface area contributed by atoms with Gasteiger partial charge < -0.3 is 9.80 Å². The molecule has 1 aliphatic rings. The van der Waals surface area contributed by atoms with Crippen molar-refractivity contribution in [3.8, 4) is 11.1 Å². The van der Waals surface area contributed by atoms with E-state index < -0.39 is 0 Å². The number of likely N-dealkylation sites (tertiary alicyclic amines) is 1. The molecule has 0 spiro atoms.